The minimum absolute atomic E-state index is 0.0460. The highest BCUT2D eigenvalue weighted by atomic mass is 16.8. The van der Waals surface area contributed by atoms with E-state index in [4.69, 9.17) is 14.7 Å². The van der Waals surface area contributed by atoms with Gasteiger partial charge in [-0.25, -0.2) is 9.69 Å². The minimum Gasteiger partial charge on any atom is -0.733 e. The summed E-state index contributed by atoms with van der Waals surface area (Å²) >= 11 is 0. The number of carbonyl (C=O) groups is 4. The molecule has 3 heterocycles. The molecule has 30 heavy (non-hydrogen) atoms. The fraction of sp³-hybridized carbons (Fsp3) is 0.400. The molecule has 3 aliphatic heterocycles. The summed E-state index contributed by atoms with van der Waals surface area (Å²) in [5.74, 6) is -4.93. The second-order valence-electron chi connectivity index (χ2n) is 7.61. The van der Waals surface area contributed by atoms with Crippen LogP contribution in [-0.2, 0) is 28.7 Å². The normalized spacial score (nSPS) is 29.8. The molecular weight excluding hydrogens is 396 g/mol. The van der Waals surface area contributed by atoms with Crippen LogP contribution in [0.3, 0.4) is 0 Å². The molecule has 5 rings (SSSR count). The van der Waals surface area contributed by atoms with Crippen LogP contribution in [0.1, 0.15) is 20.8 Å². The van der Waals surface area contributed by atoms with Crippen LogP contribution in [0.5, 0.6) is 0 Å². The Balaban J connectivity index is 1.83. The fourth-order valence-electron chi connectivity index (χ4n) is 4.79. The summed E-state index contributed by atoms with van der Waals surface area (Å²) in [5, 5.41) is 20.0. The smallest absolute Gasteiger partial charge is 0.335 e. The number of nitrogens with zero attached hydrogens (tertiary/aromatic N) is 2. The number of hydrogen-bond acceptors (Lipinski definition) is 9. The van der Waals surface area contributed by atoms with Crippen LogP contribution in [0.25, 0.3) is 0 Å². The van der Waals surface area contributed by atoms with Crippen molar-refractivity contribution in [2.45, 2.75) is 26.9 Å². The van der Waals surface area contributed by atoms with Gasteiger partial charge >= 0.3 is 11.9 Å². The standard InChI is InChI=1S/C20H19N2O8/c1-4-29-18(25)13-9(2)15-12-14(20(13,3)19(26)30-15)17(24)21(16(12)23)10-6-5-7-11(8-10)22(27)28/h5-8,12,14-15,27H,4H2,1-3H3/q-1/t12-,14+,15+,20+/m0/s1. The maximum Gasteiger partial charge on any atom is 0.335 e. The van der Waals surface area contributed by atoms with E-state index in [1.54, 1.807) is 13.8 Å². The van der Waals surface area contributed by atoms with Crippen molar-refractivity contribution >= 4 is 35.1 Å². The number of esters is 2. The molecule has 1 N–H and O–H groups in total. The quantitative estimate of drug-likeness (QED) is 0.438. The zero-order chi connectivity index (χ0) is 22.0. The largest absolute Gasteiger partial charge is 0.733 e. The Bertz CT molecular complexity index is 1020. The third-order valence-electron chi connectivity index (χ3n) is 6.09. The van der Waals surface area contributed by atoms with Gasteiger partial charge in [0.15, 0.2) is 0 Å². The molecule has 0 radical (unpaired) electrons. The Morgan fingerprint density at radius 1 is 1.33 bits per heavy atom. The summed E-state index contributed by atoms with van der Waals surface area (Å²) in [6.45, 7) is 4.70. The number of carbonyl (C=O) groups excluding carboxylic acids is 4. The average molecular weight is 415 g/mol. The summed E-state index contributed by atoms with van der Waals surface area (Å²) in [4.78, 5) is 52.9. The topological polar surface area (TPSA) is 137 Å². The van der Waals surface area contributed by atoms with Gasteiger partial charge in [-0.2, -0.15) is 0 Å². The Morgan fingerprint density at radius 2 is 2.03 bits per heavy atom. The van der Waals surface area contributed by atoms with E-state index in [-0.39, 0.29) is 28.8 Å². The number of amides is 2. The lowest BCUT2D eigenvalue weighted by Gasteiger charge is -2.48. The van der Waals surface area contributed by atoms with Crippen LogP contribution >= 0.6 is 0 Å². The van der Waals surface area contributed by atoms with Crippen molar-refractivity contribution in [3.8, 4) is 0 Å². The van der Waals surface area contributed by atoms with Crippen molar-refractivity contribution in [2.75, 3.05) is 16.7 Å². The van der Waals surface area contributed by atoms with Crippen molar-refractivity contribution in [2.24, 2.45) is 17.3 Å². The molecule has 0 unspecified atom stereocenters. The number of rotatable bonds is 4. The summed E-state index contributed by atoms with van der Waals surface area (Å²) in [6.07, 6.45) is -1.07. The molecule has 1 aromatic carbocycles. The molecule has 2 bridgehead atoms. The van der Waals surface area contributed by atoms with Gasteiger partial charge in [0.2, 0.25) is 11.8 Å². The van der Waals surface area contributed by atoms with Gasteiger partial charge in [-0.1, -0.05) is 6.07 Å². The highest BCUT2D eigenvalue weighted by molar-refractivity contribution is 6.25. The van der Waals surface area contributed by atoms with Gasteiger partial charge in [0, 0.05) is 0 Å². The van der Waals surface area contributed by atoms with E-state index in [1.807, 2.05) is 0 Å². The van der Waals surface area contributed by atoms with Crippen molar-refractivity contribution in [3.63, 3.8) is 0 Å². The maximum absolute atomic E-state index is 13.4. The molecule has 0 saturated carbocycles. The molecule has 158 valence electrons. The van der Waals surface area contributed by atoms with Crippen LogP contribution < -0.4 is 10.1 Å². The van der Waals surface area contributed by atoms with Gasteiger partial charge in [-0.3, -0.25) is 19.6 Å². The van der Waals surface area contributed by atoms with Gasteiger partial charge in [0.05, 0.1) is 35.4 Å². The predicted molar refractivity (Wildman–Crippen MR) is 101 cm³/mol. The molecule has 4 atom stereocenters. The third-order valence-corrected chi connectivity index (χ3v) is 6.09. The van der Waals surface area contributed by atoms with E-state index in [1.165, 1.54) is 31.2 Å². The molecule has 2 fully saturated rings. The van der Waals surface area contributed by atoms with Gasteiger partial charge in [-0.05, 0) is 44.5 Å². The van der Waals surface area contributed by atoms with Crippen molar-refractivity contribution in [1.29, 1.82) is 0 Å². The van der Waals surface area contributed by atoms with Crippen LogP contribution in [0, 0.1) is 22.5 Å². The van der Waals surface area contributed by atoms with Gasteiger partial charge in [-0.15, -0.1) is 0 Å². The zero-order valence-electron chi connectivity index (χ0n) is 16.4. The molecule has 2 amide bonds. The molecule has 10 nitrogen and oxygen atoms in total. The van der Waals surface area contributed by atoms with E-state index in [0.717, 1.165) is 4.90 Å². The number of benzene rings is 1. The molecule has 1 aliphatic carbocycles. The molecule has 0 aromatic heterocycles. The first-order valence-electron chi connectivity index (χ1n) is 9.38. The SMILES string of the molecule is CCOC(=O)C1=C(C)[C@H]2OC(=O)[C@@]1(C)[C@H]1C(=O)N(c3cccc(N([O-])O)c3)C(=O)[C@H]21. The van der Waals surface area contributed by atoms with E-state index in [2.05, 4.69) is 0 Å². The maximum atomic E-state index is 13.4. The third kappa shape index (κ3) is 2.44. The van der Waals surface area contributed by atoms with E-state index >= 15 is 0 Å². The van der Waals surface area contributed by atoms with E-state index in [9.17, 15) is 24.4 Å². The lowest BCUT2D eigenvalue weighted by atomic mass is 9.57. The summed E-state index contributed by atoms with van der Waals surface area (Å²) in [5.41, 5.74) is -1.36. The van der Waals surface area contributed by atoms with E-state index < -0.39 is 47.1 Å². The molecule has 1 aromatic rings. The van der Waals surface area contributed by atoms with Gasteiger partial charge in [0.1, 0.15) is 11.5 Å². The second kappa shape index (κ2) is 6.64. The minimum atomic E-state index is -1.68. The number of fused-ring (bicyclic) bond motifs is 1. The van der Waals surface area contributed by atoms with Crippen molar-refractivity contribution in [1.82, 2.24) is 0 Å². The van der Waals surface area contributed by atoms with Crippen LogP contribution in [0.2, 0.25) is 0 Å². The summed E-state index contributed by atoms with van der Waals surface area (Å²) in [7, 11) is 0. The Hall–Kier alpha value is -3.24. The first kappa shape index (κ1) is 20.0. The second-order valence-corrected chi connectivity index (χ2v) is 7.61. The lowest BCUT2D eigenvalue weighted by molar-refractivity contribution is -0.184. The van der Waals surface area contributed by atoms with Crippen molar-refractivity contribution < 1.29 is 33.9 Å². The highest BCUT2D eigenvalue weighted by Crippen LogP contribution is 2.58. The molecule has 4 aliphatic rings. The van der Waals surface area contributed by atoms with Crippen LogP contribution in [0.15, 0.2) is 35.4 Å². The Kier molecular flexibility index (Phi) is 4.44. The van der Waals surface area contributed by atoms with Crippen LogP contribution in [0.4, 0.5) is 11.4 Å². The lowest BCUT2D eigenvalue weighted by Crippen LogP contribution is -2.60. The molecular formula is C20H19N2O8-. The molecule has 10 heteroatoms. The Morgan fingerprint density at radius 3 is 2.67 bits per heavy atom. The highest BCUT2D eigenvalue weighted by Gasteiger charge is 2.71. The van der Waals surface area contributed by atoms with Crippen molar-refractivity contribution in [3.05, 3.63) is 40.6 Å². The van der Waals surface area contributed by atoms with Gasteiger partial charge < -0.3 is 19.9 Å². The molecule has 2 saturated heterocycles. The average Bonchev–Trinajstić information content (AvgIpc) is 2.96. The fourth-order valence-corrected chi connectivity index (χ4v) is 4.79. The number of anilines is 2. The van der Waals surface area contributed by atoms with E-state index in [0.29, 0.717) is 5.57 Å². The Labute approximate surface area is 171 Å². The number of hydrogen-bond donors (Lipinski definition) is 1. The number of imide groups is 1. The van der Waals surface area contributed by atoms with Crippen LogP contribution in [-0.4, -0.2) is 41.7 Å². The monoisotopic (exact) mass is 415 g/mol. The first-order valence-corrected chi connectivity index (χ1v) is 9.38. The zero-order valence-corrected chi connectivity index (χ0v) is 16.4. The first-order chi connectivity index (χ1) is 14.1. The molecule has 0 spiro atoms. The number of ether oxygens (including phenoxy) is 2. The van der Waals surface area contributed by atoms with Gasteiger partial charge in [0.25, 0.3) is 0 Å². The predicted octanol–water partition coefficient (Wildman–Crippen LogP) is 1.31. The summed E-state index contributed by atoms with van der Waals surface area (Å²) in [6, 6.07) is 5.32. The summed E-state index contributed by atoms with van der Waals surface area (Å²) < 4.78 is 10.5.